The van der Waals surface area contributed by atoms with Crippen LogP contribution in [0.25, 0.3) is 0 Å². The number of ketones is 1. The molecule has 0 bridgehead atoms. The van der Waals surface area contributed by atoms with Gasteiger partial charge in [0.05, 0.1) is 26.2 Å². The summed E-state index contributed by atoms with van der Waals surface area (Å²) in [4.78, 5) is 12.4. The van der Waals surface area contributed by atoms with E-state index in [1.807, 2.05) is 6.07 Å². The maximum absolute atomic E-state index is 12.4. The molecule has 3 rings (SSSR count). The molecule has 2 heterocycles. The van der Waals surface area contributed by atoms with Crippen LogP contribution in [-0.2, 0) is 6.54 Å². The molecule has 9 heteroatoms. The molecule has 3 aromatic rings. The Morgan fingerprint density at radius 2 is 2.08 bits per heavy atom. The highest BCUT2D eigenvalue weighted by atomic mass is 32.2. The van der Waals surface area contributed by atoms with Crippen molar-refractivity contribution in [1.82, 2.24) is 20.2 Å². The van der Waals surface area contributed by atoms with Crippen LogP contribution in [0.4, 0.5) is 0 Å². The smallest absolute Gasteiger partial charge is 0.210 e. The average molecular weight is 360 g/mol. The fourth-order valence-electron chi connectivity index (χ4n) is 2.17. The van der Waals surface area contributed by atoms with Crippen LogP contribution >= 0.6 is 11.8 Å². The van der Waals surface area contributed by atoms with Crippen molar-refractivity contribution >= 4 is 17.5 Å². The number of carbonyl (C=O) groups is 1. The van der Waals surface area contributed by atoms with Crippen LogP contribution in [0, 0.1) is 0 Å². The Kier molecular flexibility index (Phi) is 5.34. The second kappa shape index (κ2) is 7.84. The number of nitrogens with zero attached hydrogens (tertiary/aromatic N) is 4. The number of methoxy groups -OCH3 is 2. The normalized spacial score (nSPS) is 10.6. The molecule has 0 atom stereocenters. The largest absolute Gasteiger partial charge is 0.493 e. The number of furan rings is 1. The molecule has 0 N–H and O–H groups in total. The molecule has 0 amide bonds. The van der Waals surface area contributed by atoms with Crippen LogP contribution in [0.1, 0.15) is 16.1 Å². The first kappa shape index (κ1) is 17.0. The number of thioether (sulfide) groups is 1. The SMILES string of the molecule is COc1ccc(C(=O)CSc2nnnn2Cc2ccco2)cc1OC. The molecule has 0 saturated heterocycles. The molecule has 0 spiro atoms. The molecule has 0 aliphatic heterocycles. The third-order valence-corrected chi connectivity index (χ3v) is 4.38. The summed E-state index contributed by atoms with van der Waals surface area (Å²) in [5.41, 5.74) is 0.537. The van der Waals surface area contributed by atoms with E-state index < -0.39 is 0 Å². The molecule has 2 aromatic heterocycles. The van der Waals surface area contributed by atoms with Gasteiger partial charge in [-0.2, -0.15) is 0 Å². The molecule has 0 radical (unpaired) electrons. The molecule has 0 saturated carbocycles. The maximum Gasteiger partial charge on any atom is 0.210 e. The van der Waals surface area contributed by atoms with Crippen LogP contribution in [0.2, 0.25) is 0 Å². The third kappa shape index (κ3) is 4.00. The second-order valence-corrected chi connectivity index (χ2v) is 5.92. The van der Waals surface area contributed by atoms with Gasteiger partial charge in [-0.05, 0) is 40.8 Å². The predicted octanol–water partition coefficient (Wildman–Crippen LogP) is 2.31. The monoisotopic (exact) mass is 360 g/mol. The van der Waals surface area contributed by atoms with Crippen LogP contribution < -0.4 is 9.47 Å². The van der Waals surface area contributed by atoms with Gasteiger partial charge in [0.25, 0.3) is 0 Å². The maximum atomic E-state index is 12.4. The molecular weight excluding hydrogens is 344 g/mol. The molecule has 0 aliphatic carbocycles. The van der Waals surface area contributed by atoms with Gasteiger partial charge < -0.3 is 13.9 Å². The molecule has 0 unspecified atom stereocenters. The van der Waals surface area contributed by atoms with E-state index in [4.69, 9.17) is 13.9 Å². The van der Waals surface area contributed by atoms with Crippen LogP contribution in [0.5, 0.6) is 11.5 Å². The van der Waals surface area contributed by atoms with Gasteiger partial charge in [0, 0.05) is 5.56 Å². The number of hydrogen-bond donors (Lipinski definition) is 0. The van der Waals surface area contributed by atoms with Gasteiger partial charge >= 0.3 is 0 Å². The lowest BCUT2D eigenvalue weighted by molar-refractivity contribution is 0.102. The first-order valence-electron chi connectivity index (χ1n) is 7.38. The van der Waals surface area contributed by atoms with Crippen LogP contribution in [0.3, 0.4) is 0 Å². The zero-order valence-electron chi connectivity index (χ0n) is 13.7. The minimum atomic E-state index is -0.0569. The summed E-state index contributed by atoms with van der Waals surface area (Å²) in [6, 6.07) is 8.71. The number of aromatic nitrogens is 4. The third-order valence-electron chi connectivity index (χ3n) is 3.42. The summed E-state index contributed by atoms with van der Waals surface area (Å²) in [5, 5.41) is 12.1. The van der Waals surface area contributed by atoms with Gasteiger partial charge in [-0.1, -0.05) is 11.8 Å². The fourth-order valence-corrected chi connectivity index (χ4v) is 2.94. The Bertz CT molecular complexity index is 848. The number of Topliss-reactive ketones (excluding diaryl/α,β-unsaturated/α-hetero) is 1. The molecule has 25 heavy (non-hydrogen) atoms. The fraction of sp³-hybridized carbons (Fsp3) is 0.250. The molecule has 0 fully saturated rings. The lowest BCUT2D eigenvalue weighted by Gasteiger charge is -2.09. The minimum Gasteiger partial charge on any atom is -0.493 e. The van der Waals surface area contributed by atoms with Crippen molar-refractivity contribution in [2.24, 2.45) is 0 Å². The summed E-state index contributed by atoms with van der Waals surface area (Å²) in [5.74, 6) is 1.97. The highest BCUT2D eigenvalue weighted by Crippen LogP contribution is 2.28. The van der Waals surface area contributed by atoms with Crippen molar-refractivity contribution in [2.75, 3.05) is 20.0 Å². The van der Waals surface area contributed by atoms with Gasteiger partial charge in [-0.15, -0.1) is 5.10 Å². The van der Waals surface area contributed by atoms with Crippen molar-refractivity contribution in [1.29, 1.82) is 0 Å². The summed E-state index contributed by atoms with van der Waals surface area (Å²) >= 11 is 1.27. The van der Waals surface area contributed by atoms with Gasteiger partial charge in [0.2, 0.25) is 5.16 Å². The lowest BCUT2D eigenvalue weighted by atomic mass is 10.1. The average Bonchev–Trinajstić information content (AvgIpc) is 3.31. The summed E-state index contributed by atoms with van der Waals surface area (Å²) in [6.07, 6.45) is 1.59. The van der Waals surface area contributed by atoms with Gasteiger partial charge in [-0.25, -0.2) is 4.68 Å². The number of carbonyl (C=O) groups excluding carboxylic acids is 1. The van der Waals surface area contributed by atoms with E-state index in [2.05, 4.69) is 15.5 Å². The van der Waals surface area contributed by atoms with E-state index in [0.29, 0.717) is 28.8 Å². The highest BCUT2D eigenvalue weighted by molar-refractivity contribution is 7.99. The van der Waals surface area contributed by atoms with Crippen LogP contribution in [0.15, 0.2) is 46.2 Å². The van der Waals surface area contributed by atoms with E-state index in [0.717, 1.165) is 5.76 Å². The summed E-state index contributed by atoms with van der Waals surface area (Å²) < 4.78 is 17.3. The van der Waals surface area contributed by atoms with Crippen molar-refractivity contribution < 1.29 is 18.7 Å². The van der Waals surface area contributed by atoms with Crippen molar-refractivity contribution in [2.45, 2.75) is 11.7 Å². The Morgan fingerprint density at radius 3 is 2.80 bits per heavy atom. The van der Waals surface area contributed by atoms with E-state index >= 15 is 0 Å². The number of ether oxygens (including phenoxy) is 2. The molecule has 1 aromatic carbocycles. The standard InChI is InChI=1S/C16H16N4O4S/c1-22-14-6-5-11(8-15(14)23-2)13(21)10-25-16-17-18-19-20(16)9-12-4-3-7-24-12/h3-8H,9-10H2,1-2H3. The molecule has 130 valence electrons. The zero-order valence-corrected chi connectivity index (χ0v) is 14.5. The summed E-state index contributed by atoms with van der Waals surface area (Å²) in [7, 11) is 3.08. The lowest BCUT2D eigenvalue weighted by Crippen LogP contribution is -2.07. The molecule has 0 aliphatic rings. The van der Waals surface area contributed by atoms with Gasteiger partial charge in [0.1, 0.15) is 12.3 Å². The second-order valence-electron chi connectivity index (χ2n) is 4.98. The summed E-state index contributed by atoms with van der Waals surface area (Å²) in [6.45, 7) is 0.410. The molecular formula is C16H16N4O4S. The topological polar surface area (TPSA) is 92.3 Å². The van der Waals surface area contributed by atoms with Gasteiger partial charge in [0.15, 0.2) is 17.3 Å². The quantitative estimate of drug-likeness (QED) is 0.446. The highest BCUT2D eigenvalue weighted by Gasteiger charge is 2.14. The minimum absolute atomic E-state index is 0.0569. The van der Waals surface area contributed by atoms with Crippen molar-refractivity contribution in [3.63, 3.8) is 0 Å². The number of benzene rings is 1. The van der Waals surface area contributed by atoms with E-state index in [9.17, 15) is 4.79 Å². The van der Waals surface area contributed by atoms with E-state index in [-0.39, 0.29) is 11.5 Å². The number of hydrogen-bond acceptors (Lipinski definition) is 8. The number of tetrazole rings is 1. The predicted molar refractivity (Wildman–Crippen MR) is 90.2 cm³/mol. The Labute approximate surface area is 148 Å². The van der Waals surface area contributed by atoms with E-state index in [1.165, 1.54) is 18.9 Å². The van der Waals surface area contributed by atoms with Crippen LogP contribution in [-0.4, -0.2) is 46.0 Å². The Balaban J connectivity index is 1.66. The zero-order chi connectivity index (χ0) is 17.6. The molecule has 8 nitrogen and oxygen atoms in total. The number of rotatable bonds is 8. The van der Waals surface area contributed by atoms with Crippen molar-refractivity contribution in [3.05, 3.63) is 47.9 Å². The first-order valence-corrected chi connectivity index (χ1v) is 8.36. The van der Waals surface area contributed by atoms with Crippen molar-refractivity contribution in [3.8, 4) is 11.5 Å². The Hall–Kier alpha value is -2.81. The first-order chi connectivity index (χ1) is 12.2. The Morgan fingerprint density at radius 1 is 1.24 bits per heavy atom. The van der Waals surface area contributed by atoms with Gasteiger partial charge in [-0.3, -0.25) is 4.79 Å². The van der Waals surface area contributed by atoms with E-state index in [1.54, 1.807) is 42.3 Å².